The number of hydrogen-bond donors (Lipinski definition) is 0. The summed E-state index contributed by atoms with van der Waals surface area (Å²) in [5.41, 5.74) is 0.319. The molecule has 0 bridgehead atoms. The number of nitrogens with zero attached hydrogens (tertiary/aromatic N) is 1. The molecule has 1 amide bonds. The largest absolute Gasteiger partial charge is 0.462 e. The average Bonchev–Trinajstić information content (AvgIpc) is 2.81. The van der Waals surface area contributed by atoms with E-state index in [2.05, 4.69) is 15.9 Å². The van der Waals surface area contributed by atoms with Crippen LogP contribution in [0.5, 0.6) is 0 Å². The maximum Gasteiger partial charge on any atom is 0.340 e. The van der Waals surface area contributed by atoms with Crippen LogP contribution in [-0.4, -0.2) is 38.7 Å². The minimum atomic E-state index is -4.82. The first-order chi connectivity index (χ1) is 10.2. The lowest BCUT2D eigenvalue weighted by molar-refractivity contribution is -0.117. The fourth-order valence-corrected chi connectivity index (χ4v) is 3.24. The Labute approximate surface area is 135 Å². The molecule has 1 aromatic carbocycles. The van der Waals surface area contributed by atoms with Crippen LogP contribution in [0.3, 0.4) is 0 Å². The van der Waals surface area contributed by atoms with Crippen LogP contribution in [0.1, 0.15) is 23.7 Å². The molecule has 1 aliphatic rings. The zero-order valence-electron chi connectivity index (χ0n) is 11.6. The van der Waals surface area contributed by atoms with E-state index < -0.39 is 33.8 Å². The molecule has 1 aromatic rings. The lowest BCUT2D eigenvalue weighted by Crippen LogP contribution is -2.28. The summed E-state index contributed by atoms with van der Waals surface area (Å²) in [6.45, 7) is 1.47. The smallest absolute Gasteiger partial charge is 0.340 e. The minimum absolute atomic E-state index is 0.112. The summed E-state index contributed by atoms with van der Waals surface area (Å²) in [6.07, 6.45) is -0.447. The molecule has 22 heavy (non-hydrogen) atoms. The van der Waals surface area contributed by atoms with Crippen LogP contribution in [-0.2, 0) is 19.8 Å². The van der Waals surface area contributed by atoms with E-state index in [0.717, 1.165) is 4.90 Å². The molecule has 0 radical (unpaired) electrons. The van der Waals surface area contributed by atoms with Crippen molar-refractivity contribution in [3.8, 4) is 0 Å². The quantitative estimate of drug-likeness (QED) is 0.577. The number of hydrogen-bond acceptors (Lipinski definition) is 5. The first kappa shape index (κ1) is 16.9. The van der Waals surface area contributed by atoms with Gasteiger partial charge in [0.1, 0.15) is 5.25 Å². The number of esters is 1. The predicted octanol–water partition coefficient (Wildman–Crippen LogP) is 2.03. The van der Waals surface area contributed by atoms with Gasteiger partial charge < -0.3 is 9.64 Å². The highest BCUT2D eigenvalue weighted by atomic mass is 79.9. The Hall–Kier alpha value is -1.48. The van der Waals surface area contributed by atoms with Gasteiger partial charge in [-0.1, -0.05) is 15.9 Å². The van der Waals surface area contributed by atoms with Gasteiger partial charge >= 0.3 is 16.2 Å². The van der Waals surface area contributed by atoms with Crippen molar-refractivity contribution in [1.82, 2.24) is 0 Å². The van der Waals surface area contributed by atoms with Gasteiger partial charge in [0.25, 0.3) is 0 Å². The van der Waals surface area contributed by atoms with Gasteiger partial charge in [0, 0.05) is 17.4 Å². The van der Waals surface area contributed by atoms with Crippen molar-refractivity contribution in [3.63, 3.8) is 0 Å². The van der Waals surface area contributed by atoms with Gasteiger partial charge in [0.15, 0.2) is 0 Å². The first-order valence-electron chi connectivity index (χ1n) is 6.44. The van der Waals surface area contributed by atoms with E-state index in [9.17, 15) is 21.9 Å². The van der Waals surface area contributed by atoms with Crippen molar-refractivity contribution in [2.45, 2.75) is 18.6 Å². The third kappa shape index (κ3) is 3.46. The molecule has 0 aliphatic carbocycles. The molecule has 120 valence electrons. The summed E-state index contributed by atoms with van der Waals surface area (Å²) >= 11 is 3.22. The fourth-order valence-electron chi connectivity index (χ4n) is 2.21. The van der Waals surface area contributed by atoms with Gasteiger partial charge in [-0.2, -0.15) is 8.42 Å². The highest BCUT2D eigenvalue weighted by molar-refractivity contribution is 9.10. The number of anilines is 1. The topological polar surface area (TPSA) is 80.8 Å². The van der Waals surface area contributed by atoms with E-state index in [4.69, 9.17) is 4.74 Å². The van der Waals surface area contributed by atoms with Gasteiger partial charge in [-0.3, -0.25) is 4.79 Å². The lowest BCUT2D eigenvalue weighted by Gasteiger charge is -2.19. The standard InChI is InChI=1S/C13H13BrFNO5S/c1-2-21-13(18)10-5-8(14)3-4-11(10)16-7-9(6-12(16)17)22(15,19)20/h3-5,9H,2,6-7H2,1H3. The molecule has 0 N–H and O–H groups in total. The highest BCUT2D eigenvalue weighted by Crippen LogP contribution is 2.31. The summed E-state index contributed by atoms with van der Waals surface area (Å²) in [7, 11) is -4.82. The molecule has 1 aliphatic heterocycles. The molecule has 1 fully saturated rings. The van der Waals surface area contributed by atoms with Crippen molar-refractivity contribution < 1.29 is 26.6 Å². The van der Waals surface area contributed by atoms with Gasteiger partial charge in [-0.25, -0.2) is 4.79 Å². The Balaban J connectivity index is 2.41. The Kier molecular flexibility index (Phi) is 4.86. The van der Waals surface area contributed by atoms with E-state index in [1.54, 1.807) is 13.0 Å². The fraction of sp³-hybridized carbons (Fsp3) is 0.385. The lowest BCUT2D eigenvalue weighted by atomic mass is 10.1. The molecule has 2 rings (SSSR count). The Morgan fingerprint density at radius 3 is 2.73 bits per heavy atom. The summed E-state index contributed by atoms with van der Waals surface area (Å²) in [5, 5.41) is -1.42. The van der Waals surface area contributed by atoms with E-state index in [-0.39, 0.29) is 24.4 Å². The highest BCUT2D eigenvalue weighted by Gasteiger charge is 2.40. The molecule has 1 saturated heterocycles. The molecule has 0 saturated carbocycles. The Bertz CT molecular complexity index is 721. The summed E-state index contributed by atoms with van der Waals surface area (Å²) in [5.74, 6) is -1.20. The molecular weight excluding hydrogens is 381 g/mol. The molecule has 9 heteroatoms. The second kappa shape index (κ2) is 6.33. The minimum Gasteiger partial charge on any atom is -0.462 e. The monoisotopic (exact) mass is 393 g/mol. The van der Waals surface area contributed by atoms with Crippen molar-refractivity contribution in [2.75, 3.05) is 18.1 Å². The Morgan fingerprint density at radius 1 is 1.50 bits per heavy atom. The number of amides is 1. The zero-order chi connectivity index (χ0) is 16.5. The number of rotatable bonds is 4. The first-order valence-corrected chi connectivity index (χ1v) is 8.68. The molecule has 6 nitrogen and oxygen atoms in total. The number of carbonyl (C=O) groups is 2. The van der Waals surface area contributed by atoms with Crippen molar-refractivity contribution >= 4 is 43.7 Å². The number of benzene rings is 1. The number of halogens is 2. The summed E-state index contributed by atoms with van der Waals surface area (Å²) in [4.78, 5) is 25.1. The van der Waals surface area contributed by atoms with E-state index in [0.29, 0.717) is 4.47 Å². The number of carbonyl (C=O) groups excluding carboxylic acids is 2. The summed E-state index contributed by atoms with van der Waals surface area (Å²) in [6, 6.07) is 4.56. The van der Waals surface area contributed by atoms with Crippen molar-refractivity contribution in [2.24, 2.45) is 0 Å². The molecule has 0 spiro atoms. The predicted molar refractivity (Wildman–Crippen MR) is 80.9 cm³/mol. The van der Waals surface area contributed by atoms with Gasteiger partial charge in [-0.05, 0) is 25.1 Å². The SMILES string of the molecule is CCOC(=O)c1cc(Br)ccc1N1CC(S(=O)(=O)F)CC1=O. The van der Waals surface area contributed by atoms with Crippen LogP contribution in [0.4, 0.5) is 9.57 Å². The molecule has 1 heterocycles. The van der Waals surface area contributed by atoms with Crippen LogP contribution in [0.15, 0.2) is 22.7 Å². The van der Waals surface area contributed by atoms with E-state index in [1.165, 1.54) is 12.1 Å². The second-order valence-electron chi connectivity index (χ2n) is 4.69. The van der Waals surface area contributed by atoms with E-state index >= 15 is 0 Å². The normalized spacial score (nSPS) is 18.6. The van der Waals surface area contributed by atoms with Gasteiger partial charge in [0.05, 0.1) is 17.9 Å². The van der Waals surface area contributed by atoms with Crippen molar-refractivity contribution in [1.29, 1.82) is 0 Å². The second-order valence-corrected chi connectivity index (χ2v) is 7.22. The average molecular weight is 394 g/mol. The third-order valence-electron chi connectivity index (χ3n) is 3.23. The summed E-state index contributed by atoms with van der Waals surface area (Å²) < 4.78 is 40.6. The van der Waals surface area contributed by atoms with Crippen LogP contribution in [0, 0.1) is 0 Å². The van der Waals surface area contributed by atoms with Crippen LogP contribution in [0.2, 0.25) is 0 Å². The van der Waals surface area contributed by atoms with Gasteiger partial charge in [0.2, 0.25) is 5.91 Å². The molecular formula is C13H13BrFNO5S. The maximum atomic E-state index is 13.1. The Morgan fingerprint density at radius 2 is 2.18 bits per heavy atom. The zero-order valence-corrected chi connectivity index (χ0v) is 14.0. The number of ether oxygens (including phenoxy) is 1. The maximum absolute atomic E-state index is 13.1. The third-order valence-corrected chi connectivity index (χ3v) is 4.84. The van der Waals surface area contributed by atoms with Gasteiger partial charge in [-0.15, -0.1) is 3.89 Å². The van der Waals surface area contributed by atoms with E-state index in [1.807, 2.05) is 0 Å². The molecule has 1 atom stereocenters. The van der Waals surface area contributed by atoms with Crippen LogP contribution < -0.4 is 4.90 Å². The molecule has 1 unspecified atom stereocenters. The molecule has 0 aromatic heterocycles. The van der Waals surface area contributed by atoms with Crippen LogP contribution in [0.25, 0.3) is 0 Å². The van der Waals surface area contributed by atoms with Crippen molar-refractivity contribution in [3.05, 3.63) is 28.2 Å². The van der Waals surface area contributed by atoms with Crippen LogP contribution >= 0.6 is 15.9 Å².